The maximum absolute atomic E-state index is 5.44. The molecule has 0 unspecified atom stereocenters. The van der Waals surface area contributed by atoms with E-state index in [2.05, 4.69) is 37.5 Å². The molecule has 3 aromatic rings. The van der Waals surface area contributed by atoms with Crippen LogP contribution in [0.2, 0.25) is 0 Å². The normalized spacial score (nSPS) is 15.1. The van der Waals surface area contributed by atoms with Gasteiger partial charge in [-0.2, -0.15) is 10.1 Å². The van der Waals surface area contributed by atoms with Gasteiger partial charge in [0.15, 0.2) is 0 Å². The van der Waals surface area contributed by atoms with Crippen molar-refractivity contribution in [1.82, 2.24) is 19.9 Å². The van der Waals surface area contributed by atoms with Gasteiger partial charge in [0.25, 0.3) is 0 Å². The molecule has 0 atom stereocenters. The molecule has 7 heteroatoms. The van der Waals surface area contributed by atoms with E-state index in [9.17, 15) is 0 Å². The molecule has 1 fully saturated rings. The third-order valence-corrected chi connectivity index (χ3v) is 4.08. The molecule has 4 rings (SSSR count). The van der Waals surface area contributed by atoms with Gasteiger partial charge >= 0.3 is 6.01 Å². The van der Waals surface area contributed by atoms with Gasteiger partial charge in [0, 0.05) is 30.2 Å². The Morgan fingerprint density at radius 2 is 2.27 bits per heavy atom. The molecular formula is C15H18N6O. The van der Waals surface area contributed by atoms with Gasteiger partial charge in [-0.15, -0.1) is 0 Å². The lowest BCUT2D eigenvalue weighted by atomic mass is 9.93. The molecule has 1 aromatic carbocycles. The van der Waals surface area contributed by atoms with Gasteiger partial charge in [0.2, 0.25) is 5.82 Å². The second-order valence-corrected chi connectivity index (χ2v) is 5.61. The number of nitrogens with two attached hydrogens (primary N) is 1. The molecule has 0 aliphatic heterocycles. The Bertz CT molecular complexity index is 788. The van der Waals surface area contributed by atoms with Gasteiger partial charge in [-0.1, -0.05) is 17.3 Å². The second-order valence-electron chi connectivity index (χ2n) is 5.61. The van der Waals surface area contributed by atoms with Crippen LogP contribution >= 0.6 is 0 Å². The van der Waals surface area contributed by atoms with Crippen LogP contribution in [0.25, 0.3) is 22.3 Å². The van der Waals surface area contributed by atoms with Crippen LogP contribution < -0.4 is 11.1 Å². The average molecular weight is 298 g/mol. The van der Waals surface area contributed by atoms with E-state index < -0.39 is 0 Å². The van der Waals surface area contributed by atoms with Crippen LogP contribution in [0, 0.1) is 0 Å². The maximum Gasteiger partial charge on any atom is 0.321 e. The van der Waals surface area contributed by atoms with Crippen molar-refractivity contribution in [1.29, 1.82) is 0 Å². The zero-order chi connectivity index (χ0) is 14.9. The summed E-state index contributed by atoms with van der Waals surface area (Å²) in [6, 6.07) is 7.00. The number of anilines is 1. The first kappa shape index (κ1) is 13.3. The van der Waals surface area contributed by atoms with Crippen LogP contribution in [0.1, 0.15) is 25.3 Å². The summed E-state index contributed by atoms with van der Waals surface area (Å²) in [4.78, 5) is 4.32. The van der Waals surface area contributed by atoms with Crippen LogP contribution in [-0.2, 0) is 0 Å². The van der Waals surface area contributed by atoms with Crippen molar-refractivity contribution in [3.8, 4) is 11.4 Å². The van der Waals surface area contributed by atoms with Crippen molar-refractivity contribution >= 4 is 16.9 Å². The predicted octanol–water partition coefficient (Wildman–Crippen LogP) is 2.18. The summed E-state index contributed by atoms with van der Waals surface area (Å²) >= 11 is 0. The monoisotopic (exact) mass is 298 g/mol. The zero-order valence-electron chi connectivity index (χ0n) is 12.2. The molecule has 1 saturated carbocycles. The molecule has 22 heavy (non-hydrogen) atoms. The minimum absolute atomic E-state index is 0.389. The minimum atomic E-state index is 0.389. The highest BCUT2D eigenvalue weighted by atomic mass is 16.5. The molecule has 1 aliphatic carbocycles. The first-order valence-corrected chi connectivity index (χ1v) is 7.60. The van der Waals surface area contributed by atoms with Crippen molar-refractivity contribution in [2.75, 3.05) is 18.4 Å². The highest BCUT2D eigenvalue weighted by Gasteiger charge is 2.20. The Morgan fingerprint density at radius 3 is 3.05 bits per heavy atom. The molecule has 7 nitrogen and oxygen atoms in total. The SMILES string of the molecule is NCCNc1nc(-c2ccc3cn(C4CCC4)nc3c2)no1. The number of benzene rings is 1. The Labute approximate surface area is 127 Å². The van der Waals surface area contributed by atoms with Crippen molar-refractivity contribution in [3.05, 3.63) is 24.4 Å². The molecule has 3 N–H and O–H groups in total. The Morgan fingerprint density at radius 1 is 1.36 bits per heavy atom. The molecular weight excluding hydrogens is 280 g/mol. The van der Waals surface area contributed by atoms with Crippen molar-refractivity contribution in [3.63, 3.8) is 0 Å². The largest absolute Gasteiger partial charge is 0.336 e. The van der Waals surface area contributed by atoms with Gasteiger partial charge in [0.05, 0.1) is 11.6 Å². The Hall–Kier alpha value is -2.41. The van der Waals surface area contributed by atoms with Gasteiger partial charge in [0.1, 0.15) is 0 Å². The van der Waals surface area contributed by atoms with Crippen LogP contribution in [0.15, 0.2) is 28.9 Å². The molecule has 0 spiro atoms. The summed E-state index contributed by atoms with van der Waals surface area (Å²) in [5.74, 6) is 0.555. The lowest BCUT2D eigenvalue weighted by Crippen LogP contribution is -2.16. The first-order chi connectivity index (χ1) is 10.8. The molecule has 0 radical (unpaired) electrons. The van der Waals surface area contributed by atoms with Gasteiger partial charge < -0.3 is 15.6 Å². The summed E-state index contributed by atoms with van der Waals surface area (Å²) in [6.45, 7) is 1.12. The fourth-order valence-corrected chi connectivity index (χ4v) is 2.60. The van der Waals surface area contributed by atoms with Gasteiger partial charge in [-0.25, -0.2) is 0 Å². The van der Waals surface area contributed by atoms with Crippen LogP contribution in [-0.4, -0.2) is 33.0 Å². The number of fused-ring (bicyclic) bond motifs is 1. The third-order valence-electron chi connectivity index (χ3n) is 4.08. The van der Waals surface area contributed by atoms with E-state index in [1.54, 1.807) is 0 Å². The standard InChI is InChI=1S/C15H18N6O/c16-6-7-17-15-18-14(20-22-15)10-4-5-11-9-21(12-2-1-3-12)19-13(11)8-10/h4-5,8-9,12H,1-3,6-7,16H2,(H,17,18,20). The molecule has 0 bridgehead atoms. The summed E-state index contributed by atoms with van der Waals surface area (Å²) in [5, 5.41) is 12.8. The zero-order valence-corrected chi connectivity index (χ0v) is 12.2. The van der Waals surface area contributed by atoms with Crippen LogP contribution in [0.3, 0.4) is 0 Å². The number of nitrogens with one attached hydrogen (secondary N) is 1. The van der Waals surface area contributed by atoms with E-state index in [4.69, 9.17) is 10.3 Å². The molecule has 1 aliphatic rings. The van der Waals surface area contributed by atoms with E-state index in [0.29, 0.717) is 31.0 Å². The number of hydrogen-bond donors (Lipinski definition) is 2. The molecule has 2 heterocycles. The average Bonchev–Trinajstić information content (AvgIpc) is 3.08. The number of rotatable bonds is 5. The van der Waals surface area contributed by atoms with E-state index in [1.165, 1.54) is 19.3 Å². The van der Waals surface area contributed by atoms with E-state index in [1.807, 2.05) is 12.1 Å². The van der Waals surface area contributed by atoms with E-state index >= 15 is 0 Å². The summed E-state index contributed by atoms with van der Waals surface area (Å²) in [7, 11) is 0. The van der Waals surface area contributed by atoms with E-state index in [-0.39, 0.29) is 0 Å². The number of nitrogens with zero attached hydrogens (tertiary/aromatic N) is 4. The quantitative estimate of drug-likeness (QED) is 0.749. The lowest BCUT2D eigenvalue weighted by Gasteiger charge is -2.25. The number of aromatic nitrogens is 4. The predicted molar refractivity (Wildman–Crippen MR) is 83.5 cm³/mol. The highest BCUT2D eigenvalue weighted by molar-refractivity contribution is 5.82. The van der Waals surface area contributed by atoms with Crippen molar-refractivity contribution in [2.45, 2.75) is 25.3 Å². The molecule has 0 saturated heterocycles. The maximum atomic E-state index is 5.44. The lowest BCUT2D eigenvalue weighted by molar-refractivity contribution is 0.291. The second kappa shape index (κ2) is 5.42. The Balaban J connectivity index is 1.62. The topological polar surface area (TPSA) is 94.8 Å². The number of hydrogen-bond acceptors (Lipinski definition) is 6. The first-order valence-electron chi connectivity index (χ1n) is 7.60. The summed E-state index contributed by atoms with van der Waals surface area (Å²) in [6.07, 6.45) is 5.87. The van der Waals surface area contributed by atoms with Crippen molar-refractivity contribution in [2.24, 2.45) is 5.73 Å². The fraction of sp³-hybridized carbons (Fsp3) is 0.400. The van der Waals surface area contributed by atoms with Gasteiger partial charge in [-0.3, -0.25) is 4.68 Å². The van der Waals surface area contributed by atoms with Crippen LogP contribution in [0.5, 0.6) is 0 Å². The molecule has 0 amide bonds. The molecule has 114 valence electrons. The smallest absolute Gasteiger partial charge is 0.321 e. The Kier molecular flexibility index (Phi) is 3.27. The van der Waals surface area contributed by atoms with E-state index in [0.717, 1.165) is 16.5 Å². The third kappa shape index (κ3) is 2.33. The summed E-state index contributed by atoms with van der Waals surface area (Å²) < 4.78 is 7.24. The minimum Gasteiger partial charge on any atom is -0.336 e. The molecule has 2 aromatic heterocycles. The van der Waals surface area contributed by atoms with Crippen LogP contribution in [0.4, 0.5) is 6.01 Å². The highest BCUT2D eigenvalue weighted by Crippen LogP contribution is 2.32. The van der Waals surface area contributed by atoms with Gasteiger partial charge in [-0.05, 0) is 25.3 Å². The fourth-order valence-electron chi connectivity index (χ4n) is 2.60. The van der Waals surface area contributed by atoms with Crippen molar-refractivity contribution < 1.29 is 4.52 Å². The summed E-state index contributed by atoms with van der Waals surface area (Å²) in [5.41, 5.74) is 7.30.